The van der Waals surface area contributed by atoms with E-state index in [9.17, 15) is 4.79 Å². The van der Waals surface area contributed by atoms with E-state index >= 15 is 0 Å². The largest absolute Gasteiger partial charge is 0.486 e. The molecule has 0 aliphatic rings. The van der Waals surface area contributed by atoms with Crippen LogP contribution in [0.1, 0.15) is 18.3 Å². The molecule has 0 bridgehead atoms. The lowest BCUT2D eigenvalue weighted by molar-refractivity contribution is -0.134. The van der Waals surface area contributed by atoms with Gasteiger partial charge in [0.15, 0.2) is 5.82 Å². The Balaban J connectivity index is 1.90. The molecule has 0 radical (unpaired) electrons. The molecule has 1 aromatic carbocycles. The van der Waals surface area contributed by atoms with E-state index in [0.29, 0.717) is 12.4 Å². The van der Waals surface area contributed by atoms with Gasteiger partial charge in [0, 0.05) is 12.6 Å². The topological polar surface area (TPSA) is 66.2 Å². The van der Waals surface area contributed by atoms with Crippen molar-refractivity contribution in [1.82, 2.24) is 14.8 Å². The first-order valence-electron chi connectivity index (χ1n) is 6.58. The van der Waals surface area contributed by atoms with Crippen LogP contribution in [-0.2, 0) is 22.7 Å². The zero-order chi connectivity index (χ0) is 15.1. The Kier molecular flexibility index (Phi) is 5.09. The van der Waals surface area contributed by atoms with Gasteiger partial charge in [0.1, 0.15) is 18.7 Å². The molecule has 0 aliphatic heterocycles. The number of nitrogens with zero attached hydrogens (tertiary/aromatic N) is 3. The fraction of sp³-hybridized carbons (Fsp3) is 0.267. The molecule has 0 saturated carbocycles. The summed E-state index contributed by atoms with van der Waals surface area (Å²) in [6.07, 6.45) is 4.73. The minimum absolute atomic E-state index is 0.324. The number of rotatable bonds is 6. The number of benzene rings is 1. The first-order valence-corrected chi connectivity index (χ1v) is 6.58. The smallest absolute Gasteiger partial charge is 0.330 e. The van der Waals surface area contributed by atoms with Gasteiger partial charge >= 0.3 is 5.97 Å². The molecular weight excluding hydrogens is 270 g/mol. The number of hydrogen-bond donors (Lipinski definition) is 0. The van der Waals surface area contributed by atoms with Crippen LogP contribution in [0.25, 0.3) is 6.08 Å². The van der Waals surface area contributed by atoms with E-state index in [1.54, 1.807) is 17.1 Å². The lowest BCUT2D eigenvalue weighted by Gasteiger charge is -2.03. The van der Waals surface area contributed by atoms with Crippen molar-refractivity contribution in [2.24, 2.45) is 0 Å². The fourth-order valence-electron chi connectivity index (χ4n) is 1.61. The van der Waals surface area contributed by atoms with Crippen molar-refractivity contribution in [2.75, 3.05) is 7.11 Å². The summed E-state index contributed by atoms with van der Waals surface area (Å²) < 4.78 is 11.9. The molecule has 21 heavy (non-hydrogen) atoms. The molecule has 0 atom stereocenters. The molecular formula is C15H17N3O3. The summed E-state index contributed by atoms with van der Waals surface area (Å²) in [6, 6.07) is 7.36. The zero-order valence-electron chi connectivity index (χ0n) is 12.0. The van der Waals surface area contributed by atoms with Gasteiger partial charge in [-0.3, -0.25) is 4.68 Å². The van der Waals surface area contributed by atoms with Crippen molar-refractivity contribution in [2.45, 2.75) is 20.1 Å². The summed E-state index contributed by atoms with van der Waals surface area (Å²) in [4.78, 5) is 15.1. The quantitative estimate of drug-likeness (QED) is 0.601. The van der Waals surface area contributed by atoms with E-state index in [1.807, 2.05) is 31.2 Å². The summed E-state index contributed by atoms with van der Waals surface area (Å²) in [6.45, 7) is 3.11. The van der Waals surface area contributed by atoms with Gasteiger partial charge in [0.05, 0.1) is 7.11 Å². The number of aromatic nitrogens is 3. The molecule has 1 heterocycles. The lowest BCUT2D eigenvalue weighted by Crippen LogP contribution is -2.00. The molecule has 0 aliphatic carbocycles. The Morgan fingerprint density at radius 3 is 2.71 bits per heavy atom. The van der Waals surface area contributed by atoms with Gasteiger partial charge < -0.3 is 9.47 Å². The molecule has 0 spiro atoms. The molecule has 0 amide bonds. The average molecular weight is 287 g/mol. The standard InChI is InChI=1S/C15H17N3O3/c1-3-18-11-16-14(17-18)10-21-13-7-4-12(5-8-13)6-9-15(19)20-2/h4-9,11H,3,10H2,1-2H3/b9-6+. The van der Waals surface area contributed by atoms with E-state index in [2.05, 4.69) is 14.8 Å². The van der Waals surface area contributed by atoms with E-state index < -0.39 is 0 Å². The van der Waals surface area contributed by atoms with Crippen molar-refractivity contribution >= 4 is 12.0 Å². The third-order valence-electron chi connectivity index (χ3n) is 2.77. The Morgan fingerprint density at radius 1 is 1.33 bits per heavy atom. The average Bonchev–Trinajstić information content (AvgIpc) is 2.99. The van der Waals surface area contributed by atoms with Crippen LogP contribution >= 0.6 is 0 Å². The van der Waals surface area contributed by atoms with Crippen LogP contribution in [0.2, 0.25) is 0 Å². The lowest BCUT2D eigenvalue weighted by atomic mass is 10.2. The number of carbonyl (C=O) groups is 1. The first-order chi connectivity index (χ1) is 10.2. The number of carbonyl (C=O) groups excluding carboxylic acids is 1. The van der Waals surface area contributed by atoms with Crippen molar-refractivity contribution in [3.05, 3.63) is 48.1 Å². The highest BCUT2D eigenvalue weighted by Gasteiger charge is 2.01. The van der Waals surface area contributed by atoms with Gasteiger partial charge in [-0.05, 0) is 30.7 Å². The third-order valence-corrected chi connectivity index (χ3v) is 2.77. The SMILES string of the molecule is CCn1cnc(COc2ccc(/C=C/C(=O)OC)cc2)n1. The summed E-state index contributed by atoms with van der Waals surface area (Å²) in [5.41, 5.74) is 0.890. The van der Waals surface area contributed by atoms with Gasteiger partial charge in [-0.25, -0.2) is 9.78 Å². The van der Waals surface area contributed by atoms with E-state index in [1.165, 1.54) is 13.2 Å². The summed E-state index contributed by atoms with van der Waals surface area (Å²) >= 11 is 0. The summed E-state index contributed by atoms with van der Waals surface area (Å²) in [5.74, 6) is 0.984. The normalized spacial score (nSPS) is 10.8. The molecule has 0 fully saturated rings. The van der Waals surface area contributed by atoms with Gasteiger partial charge in [-0.1, -0.05) is 12.1 Å². The predicted octanol–water partition coefficient (Wildman–Crippen LogP) is 2.06. The maximum atomic E-state index is 11.0. The highest BCUT2D eigenvalue weighted by molar-refractivity contribution is 5.86. The van der Waals surface area contributed by atoms with E-state index in [4.69, 9.17) is 4.74 Å². The summed E-state index contributed by atoms with van der Waals surface area (Å²) in [5, 5.41) is 4.24. The molecule has 6 heteroatoms. The minimum atomic E-state index is -0.382. The summed E-state index contributed by atoms with van der Waals surface area (Å²) in [7, 11) is 1.34. The zero-order valence-corrected chi connectivity index (χ0v) is 12.0. The van der Waals surface area contributed by atoms with Crippen molar-refractivity contribution < 1.29 is 14.3 Å². The third kappa shape index (κ3) is 4.45. The van der Waals surface area contributed by atoms with Crippen molar-refractivity contribution in [1.29, 1.82) is 0 Å². The molecule has 0 unspecified atom stereocenters. The molecule has 6 nitrogen and oxygen atoms in total. The fourth-order valence-corrected chi connectivity index (χ4v) is 1.61. The van der Waals surface area contributed by atoms with Crippen LogP contribution < -0.4 is 4.74 Å². The van der Waals surface area contributed by atoms with Crippen LogP contribution in [0, 0.1) is 0 Å². The maximum absolute atomic E-state index is 11.0. The number of methoxy groups -OCH3 is 1. The molecule has 110 valence electrons. The van der Waals surface area contributed by atoms with E-state index in [-0.39, 0.29) is 5.97 Å². The molecule has 2 rings (SSSR count). The second-order valence-corrected chi connectivity index (χ2v) is 4.23. The molecule has 0 saturated heterocycles. The Labute approximate surface area is 123 Å². The van der Waals surface area contributed by atoms with E-state index in [0.717, 1.165) is 17.9 Å². The highest BCUT2D eigenvalue weighted by Crippen LogP contribution is 2.14. The Hall–Kier alpha value is -2.63. The second-order valence-electron chi connectivity index (χ2n) is 4.23. The van der Waals surface area contributed by atoms with Gasteiger partial charge in [-0.15, -0.1) is 0 Å². The van der Waals surface area contributed by atoms with Crippen molar-refractivity contribution in [3.63, 3.8) is 0 Å². The van der Waals surface area contributed by atoms with Crippen LogP contribution in [0.15, 0.2) is 36.7 Å². The van der Waals surface area contributed by atoms with Crippen LogP contribution in [-0.4, -0.2) is 27.8 Å². The number of esters is 1. The van der Waals surface area contributed by atoms with Crippen LogP contribution in [0.4, 0.5) is 0 Å². The number of ether oxygens (including phenoxy) is 2. The molecule has 0 N–H and O–H groups in total. The Bertz CT molecular complexity index is 617. The van der Waals surface area contributed by atoms with Gasteiger partial charge in [-0.2, -0.15) is 5.10 Å². The van der Waals surface area contributed by atoms with Gasteiger partial charge in [0.25, 0.3) is 0 Å². The van der Waals surface area contributed by atoms with Gasteiger partial charge in [0.2, 0.25) is 0 Å². The predicted molar refractivity (Wildman–Crippen MR) is 77.5 cm³/mol. The maximum Gasteiger partial charge on any atom is 0.330 e. The molecule has 2 aromatic rings. The first kappa shape index (κ1) is 14.8. The minimum Gasteiger partial charge on any atom is -0.486 e. The van der Waals surface area contributed by atoms with Crippen molar-refractivity contribution in [3.8, 4) is 5.75 Å². The second kappa shape index (κ2) is 7.23. The monoisotopic (exact) mass is 287 g/mol. The van der Waals surface area contributed by atoms with Crippen LogP contribution in [0.5, 0.6) is 5.75 Å². The Morgan fingerprint density at radius 2 is 2.10 bits per heavy atom. The highest BCUT2D eigenvalue weighted by atomic mass is 16.5. The molecule has 1 aromatic heterocycles. The number of hydrogen-bond acceptors (Lipinski definition) is 5. The van der Waals surface area contributed by atoms with Crippen LogP contribution in [0.3, 0.4) is 0 Å². The number of aryl methyl sites for hydroxylation is 1.